The van der Waals surface area contributed by atoms with Crippen molar-refractivity contribution in [2.45, 2.75) is 32.2 Å². The molecule has 5 nitrogen and oxygen atoms in total. The van der Waals surface area contributed by atoms with Crippen molar-refractivity contribution < 1.29 is 15.0 Å². The van der Waals surface area contributed by atoms with Gasteiger partial charge in [0.15, 0.2) is 0 Å². The summed E-state index contributed by atoms with van der Waals surface area (Å²) in [5, 5.41) is 19.4. The molecule has 2 heterocycles. The summed E-state index contributed by atoms with van der Waals surface area (Å²) in [6.07, 6.45) is 6.26. The van der Waals surface area contributed by atoms with Gasteiger partial charge in [0.05, 0.1) is 5.69 Å². The second kappa shape index (κ2) is 7.17. The maximum Gasteiger partial charge on any atom is 0.303 e. The topological polar surface area (TPSA) is 75.3 Å². The van der Waals surface area contributed by atoms with Crippen LogP contribution in [0, 0.1) is 0 Å². The van der Waals surface area contributed by atoms with Crippen LogP contribution in [0.25, 0.3) is 22.2 Å². The Morgan fingerprint density at radius 3 is 2.75 bits per heavy atom. The molecule has 124 valence electrons. The quantitative estimate of drug-likeness (QED) is 0.643. The molecule has 2 N–H and O–H groups in total. The number of carbonyl (C=O) groups is 1. The Morgan fingerprint density at radius 2 is 2.00 bits per heavy atom. The van der Waals surface area contributed by atoms with Crippen LogP contribution in [0.2, 0.25) is 0 Å². The SMILES string of the molecule is O=C(O)CCCCCn1c(-c2cccnc2)cc2cc(O)ccc21. The number of rotatable bonds is 7. The molecular formula is C19H20N2O3. The largest absolute Gasteiger partial charge is 0.508 e. The molecular weight excluding hydrogens is 304 g/mol. The van der Waals surface area contributed by atoms with Crippen LogP contribution < -0.4 is 0 Å². The number of aromatic nitrogens is 2. The Bertz CT molecular complexity index is 840. The van der Waals surface area contributed by atoms with Crippen molar-refractivity contribution in [3.05, 3.63) is 48.8 Å². The van der Waals surface area contributed by atoms with Gasteiger partial charge in [-0.05, 0) is 49.2 Å². The third-order valence-electron chi connectivity index (χ3n) is 4.11. The van der Waals surface area contributed by atoms with Crippen molar-refractivity contribution in [2.75, 3.05) is 0 Å². The number of unbranched alkanes of at least 4 members (excludes halogenated alkanes) is 2. The fourth-order valence-electron chi connectivity index (χ4n) is 2.98. The average Bonchev–Trinajstić information content (AvgIpc) is 2.93. The summed E-state index contributed by atoms with van der Waals surface area (Å²) in [5.41, 5.74) is 3.14. The average molecular weight is 324 g/mol. The fourth-order valence-corrected chi connectivity index (χ4v) is 2.98. The monoisotopic (exact) mass is 324 g/mol. The number of hydrogen-bond donors (Lipinski definition) is 2. The smallest absolute Gasteiger partial charge is 0.303 e. The molecule has 0 unspecified atom stereocenters. The third-order valence-corrected chi connectivity index (χ3v) is 4.11. The van der Waals surface area contributed by atoms with E-state index in [9.17, 15) is 9.90 Å². The fraction of sp³-hybridized carbons (Fsp3) is 0.263. The molecule has 0 aliphatic carbocycles. The first kappa shape index (κ1) is 16.1. The predicted molar refractivity (Wildman–Crippen MR) is 92.9 cm³/mol. The van der Waals surface area contributed by atoms with Gasteiger partial charge in [-0.3, -0.25) is 9.78 Å². The van der Waals surface area contributed by atoms with E-state index in [1.165, 1.54) is 0 Å². The third kappa shape index (κ3) is 3.56. The first-order valence-electron chi connectivity index (χ1n) is 8.09. The van der Waals surface area contributed by atoms with Crippen LogP contribution in [-0.2, 0) is 11.3 Å². The van der Waals surface area contributed by atoms with Gasteiger partial charge in [0.2, 0.25) is 0 Å². The van der Waals surface area contributed by atoms with Crippen LogP contribution in [0.4, 0.5) is 0 Å². The summed E-state index contributed by atoms with van der Waals surface area (Å²) in [4.78, 5) is 14.8. The van der Waals surface area contributed by atoms with Crippen LogP contribution in [0.5, 0.6) is 5.75 Å². The number of hydrogen-bond acceptors (Lipinski definition) is 3. The highest BCUT2D eigenvalue weighted by Crippen LogP contribution is 2.30. The molecule has 0 saturated carbocycles. The Kier molecular flexibility index (Phi) is 4.79. The summed E-state index contributed by atoms with van der Waals surface area (Å²) in [5.74, 6) is -0.494. The molecule has 0 aliphatic heterocycles. The number of aliphatic carboxylic acids is 1. The van der Waals surface area contributed by atoms with E-state index in [2.05, 4.69) is 15.6 Å². The molecule has 0 fully saturated rings. The summed E-state index contributed by atoms with van der Waals surface area (Å²) in [6, 6.07) is 11.3. The van der Waals surface area contributed by atoms with E-state index in [0.29, 0.717) is 6.42 Å². The van der Waals surface area contributed by atoms with Crippen molar-refractivity contribution in [3.8, 4) is 17.0 Å². The van der Waals surface area contributed by atoms with Gasteiger partial charge in [-0.1, -0.05) is 6.42 Å². The van der Waals surface area contributed by atoms with E-state index in [0.717, 1.165) is 41.5 Å². The minimum absolute atomic E-state index is 0.218. The molecule has 0 bridgehead atoms. The van der Waals surface area contributed by atoms with E-state index in [-0.39, 0.29) is 12.2 Å². The summed E-state index contributed by atoms with van der Waals surface area (Å²) >= 11 is 0. The molecule has 0 saturated heterocycles. The number of benzene rings is 1. The summed E-state index contributed by atoms with van der Waals surface area (Å²) in [7, 11) is 0. The van der Waals surface area contributed by atoms with Gasteiger partial charge in [-0.2, -0.15) is 0 Å². The molecule has 3 aromatic rings. The van der Waals surface area contributed by atoms with Gasteiger partial charge in [0.1, 0.15) is 5.75 Å². The lowest BCUT2D eigenvalue weighted by atomic mass is 10.2. The van der Waals surface area contributed by atoms with E-state index >= 15 is 0 Å². The van der Waals surface area contributed by atoms with Crippen LogP contribution in [-0.4, -0.2) is 25.7 Å². The molecule has 5 heteroatoms. The minimum atomic E-state index is -0.743. The van der Waals surface area contributed by atoms with Crippen molar-refractivity contribution in [2.24, 2.45) is 0 Å². The Labute approximate surface area is 140 Å². The highest BCUT2D eigenvalue weighted by Gasteiger charge is 2.11. The number of carboxylic acid groups (broad SMARTS) is 1. The molecule has 24 heavy (non-hydrogen) atoms. The summed E-state index contributed by atoms with van der Waals surface area (Å²) < 4.78 is 2.21. The van der Waals surface area contributed by atoms with Gasteiger partial charge in [0, 0.05) is 41.8 Å². The number of pyridine rings is 1. The zero-order valence-corrected chi connectivity index (χ0v) is 13.4. The number of carboxylic acids is 1. The number of fused-ring (bicyclic) bond motifs is 1. The minimum Gasteiger partial charge on any atom is -0.508 e. The molecule has 0 amide bonds. The zero-order valence-electron chi connectivity index (χ0n) is 13.4. The van der Waals surface area contributed by atoms with Gasteiger partial charge in [0.25, 0.3) is 0 Å². The molecule has 0 spiro atoms. The molecule has 3 rings (SSSR count). The maximum atomic E-state index is 10.6. The Morgan fingerprint density at radius 1 is 1.12 bits per heavy atom. The summed E-state index contributed by atoms with van der Waals surface area (Å²) in [6.45, 7) is 0.804. The lowest BCUT2D eigenvalue weighted by Gasteiger charge is -2.11. The van der Waals surface area contributed by atoms with Gasteiger partial charge in [-0.15, -0.1) is 0 Å². The van der Waals surface area contributed by atoms with E-state index in [1.807, 2.05) is 24.4 Å². The molecule has 1 aromatic carbocycles. The Balaban J connectivity index is 1.87. The second-order valence-electron chi connectivity index (χ2n) is 5.87. The van der Waals surface area contributed by atoms with Gasteiger partial charge >= 0.3 is 5.97 Å². The van der Waals surface area contributed by atoms with Crippen molar-refractivity contribution in [3.63, 3.8) is 0 Å². The number of aromatic hydroxyl groups is 1. The lowest BCUT2D eigenvalue weighted by molar-refractivity contribution is -0.137. The first-order valence-corrected chi connectivity index (χ1v) is 8.09. The number of phenolic OH excluding ortho intramolecular Hbond substituents is 1. The van der Waals surface area contributed by atoms with Crippen LogP contribution in [0.15, 0.2) is 48.8 Å². The first-order chi connectivity index (χ1) is 11.6. The normalized spacial score (nSPS) is 11.0. The highest BCUT2D eigenvalue weighted by atomic mass is 16.4. The zero-order chi connectivity index (χ0) is 16.9. The number of phenols is 1. The second-order valence-corrected chi connectivity index (χ2v) is 5.87. The molecule has 0 aliphatic rings. The van der Waals surface area contributed by atoms with Crippen LogP contribution >= 0.6 is 0 Å². The maximum absolute atomic E-state index is 10.6. The number of nitrogens with zero attached hydrogens (tertiary/aromatic N) is 2. The van der Waals surface area contributed by atoms with Crippen molar-refractivity contribution >= 4 is 16.9 Å². The van der Waals surface area contributed by atoms with Gasteiger partial charge < -0.3 is 14.8 Å². The predicted octanol–water partition coefficient (Wildman–Crippen LogP) is 4.05. The van der Waals surface area contributed by atoms with Gasteiger partial charge in [-0.25, -0.2) is 0 Å². The Hall–Kier alpha value is -2.82. The van der Waals surface area contributed by atoms with Crippen molar-refractivity contribution in [1.29, 1.82) is 0 Å². The molecule has 0 atom stereocenters. The number of aryl methyl sites for hydroxylation is 1. The molecule has 2 aromatic heterocycles. The van der Waals surface area contributed by atoms with E-state index < -0.39 is 5.97 Å². The van der Waals surface area contributed by atoms with Crippen molar-refractivity contribution in [1.82, 2.24) is 9.55 Å². The highest BCUT2D eigenvalue weighted by molar-refractivity contribution is 5.88. The lowest BCUT2D eigenvalue weighted by Crippen LogP contribution is -2.01. The van der Waals surface area contributed by atoms with Crippen LogP contribution in [0.1, 0.15) is 25.7 Å². The van der Waals surface area contributed by atoms with Crippen LogP contribution in [0.3, 0.4) is 0 Å². The molecule has 0 radical (unpaired) electrons. The standard InChI is InChI=1S/C19H20N2O3/c22-16-7-8-17-15(11-16)12-18(14-5-4-9-20-13-14)21(17)10-3-1-2-6-19(23)24/h4-5,7-9,11-13,22H,1-3,6,10H2,(H,23,24). The van der Waals surface area contributed by atoms with E-state index in [1.54, 1.807) is 18.3 Å². The van der Waals surface area contributed by atoms with E-state index in [4.69, 9.17) is 5.11 Å².